The van der Waals surface area contributed by atoms with Gasteiger partial charge < -0.3 is 9.47 Å². The highest BCUT2D eigenvalue weighted by molar-refractivity contribution is 5.75. The molecule has 0 aromatic heterocycles. The van der Waals surface area contributed by atoms with E-state index in [-0.39, 0.29) is 23.8 Å². The third-order valence-electron chi connectivity index (χ3n) is 4.73. The summed E-state index contributed by atoms with van der Waals surface area (Å²) in [7, 11) is 0. The second kappa shape index (κ2) is 11.5. The first-order valence-corrected chi connectivity index (χ1v) is 9.73. The molecule has 0 aromatic carbocycles. The minimum atomic E-state index is -0.0810. The Kier molecular flexibility index (Phi) is 10.0. The van der Waals surface area contributed by atoms with E-state index in [4.69, 9.17) is 9.47 Å². The average Bonchev–Trinajstić information content (AvgIpc) is 2.55. The van der Waals surface area contributed by atoms with Crippen LogP contribution in [0.4, 0.5) is 0 Å². The number of hydrogen-bond donors (Lipinski definition) is 0. The van der Waals surface area contributed by atoms with Crippen molar-refractivity contribution in [3.8, 4) is 0 Å². The molecule has 0 N–H and O–H groups in total. The fourth-order valence-electron chi connectivity index (χ4n) is 3.13. The highest BCUT2D eigenvalue weighted by atomic mass is 16.5. The zero-order valence-electron chi connectivity index (χ0n) is 16.0. The molecule has 0 spiro atoms. The van der Waals surface area contributed by atoms with Gasteiger partial charge in [0.2, 0.25) is 0 Å². The lowest BCUT2D eigenvalue weighted by Crippen LogP contribution is -2.28. The van der Waals surface area contributed by atoms with Crippen LogP contribution in [0.5, 0.6) is 0 Å². The van der Waals surface area contributed by atoms with E-state index in [0.717, 1.165) is 51.4 Å². The van der Waals surface area contributed by atoms with Gasteiger partial charge in [0, 0.05) is 0 Å². The van der Waals surface area contributed by atoms with Gasteiger partial charge in [-0.1, -0.05) is 27.7 Å². The summed E-state index contributed by atoms with van der Waals surface area (Å²) in [6.07, 6.45) is 7.02. The van der Waals surface area contributed by atoms with Crippen molar-refractivity contribution in [2.45, 2.75) is 79.1 Å². The molecule has 1 aliphatic rings. The van der Waals surface area contributed by atoms with E-state index in [1.165, 1.54) is 0 Å². The Morgan fingerprint density at radius 3 is 1.38 bits per heavy atom. The quantitative estimate of drug-likeness (QED) is 0.425. The Labute approximate surface area is 147 Å². The molecule has 0 aromatic rings. The van der Waals surface area contributed by atoms with Gasteiger partial charge in [-0.25, -0.2) is 0 Å². The Balaban J connectivity index is 2.16. The Morgan fingerprint density at radius 1 is 0.750 bits per heavy atom. The zero-order valence-corrected chi connectivity index (χ0v) is 16.0. The second-order valence-corrected chi connectivity index (χ2v) is 7.96. The third kappa shape index (κ3) is 8.70. The molecule has 4 heteroatoms. The first-order chi connectivity index (χ1) is 11.4. The van der Waals surface area contributed by atoms with Crippen molar-refractivity contribution < 1.29 is 19.1 Å². The van der Waals surface area contributed by atoms with Crippen LogP contribution in [0.15, 0.2) is 0 Å². The van der Waals surface area contributed by atoms with Crippen molar-refractivity contribution >= 4 is 11.9 Å². The molecule has 24 heavy (non-hydrogen) atoms. The van der Waals surface area contributed by atoms with E-state index in [1.807, 2.05) is 0 Å². The topological polar surface area (TPSA) is 52.6 Å². The summed E-state index contributed by atoms with van der Waals surface area (Å²) >= 11 is 0. The molecule has 4 nitrogen and oxygen atoms in total. The molecule has 1 fully saturated rings. The molecule has 0 amide bonds. The van der Waals surface area contributed by atoms with Gasteiger partial charge in [-0.15, -0.1) is 0 Å². The van der Waals surface area contributed by atoms with Gasteiger partial charge in [0.25, 0.3) is 0 Å². The van der Waals surface area contributed by atoms with Crippen molar-refractivity contribution in [2.75, 3.05) is 13.2 Å². The van der Waals surface area contributed by atoms with Crippen LogP contribution in [-0.4, -0.2) is 25.2 Å². The molecule has 0 atom stereocenters. The average molecular weight is 341 g/mol. The predicted molar refractivity (Wildman–Crippen MR) is 95.5 cm³/mol. The fraction of sp³-hybridized carbons (Fsp3) is 0.900. The number of carbonyl (C=O) groups excluding carboxylic acids is 2. The molecule has 0 bridgehead atoms. The summed E-state index contributed by atoms with van der Waals surface area (Å²) in [5, 5.41) is 0. The molecule has 0 saturated heterocycles. The standard InChI is InChI=1S/C20H36O4/c1-15(2)7-5-13-23-19(21)17-9-11-18(12-10-17)20(22)24-14-6-8-16(3)4/h15-18H,5-14H2,1-4H3. The molecular formula is C20H36O4. The second-order valence-electron chi connectivity index (χ2n) is 7.96. The van der Waals surface area contributed by atoms with Gasteiger partial charge in [-0.05, 0) is 63.2 Å². The van der Waals surface area contributed by atoms with Crippen molar-refractivity contribution in [3.05, 3.63) is 0 Å². The predicted octanol–water partition coefficient (Wildman–Crippen LogP) is 4.75. The summed E-state index contributed by atoms with van der Waals surface area (Å²) in [6.45, 7) is 9.73. The first-order valence-electron chi connectivity index (χ1n) is 9.73. The van der Waals surface area contributed by atoms with E-state index in [0.29, 0.717) is 25.0 Å². The lowest BCUT2D eigenvalue weighted by Gasteiger charge is -2.26. The van der Waals surface area contributed by atoms with Crippen LogP contribution in [0.3, 0.4) is 0 Å². The molecular weight excluding hydrogens is 304 g/mol. The van der Waals surface area contributed by atoms with E-state index in [9.17, 15) is 9.59 Å². The van der Waals surface area contributed by atoms with Gasteiger partial charge in [0.15, 0.2) is 0 Å². The van der Waals surface area contributed by atoms with E-state index in [1.54, 1.807) is 0 Å². The summed E-state index contributed by atoms with van der Waals surface area (Å²) in [6, 6.07) is 0. The Morgan fingerprint density at radius 2 is 1.08 bits per heavy atom. The molecule has 140 valence electrons. The maximum Gasteiger partial charge on any atom is 0.308 e. The lowest BCUT2D eigenvalue weighted by molar-refractivity contribution is -0.155. The van der Waals surface area contributed by atoms with Crippen LogP contribution < -0.4 is 0 Å². The molecule has 0 aliphatic heterocycles. The zero-order chi connectivity index (χ0) is 17.9. The Hall–Kier alpha value is -1.06. The van der Waals surface area contributed by atoms with Crippen LogP contribution in [0.2, 0.25) is 0 Å². The van der Waals surface area contributed by atoms with Gasteiger partial charge in [-0.3, -0.25) is 9.59 Å². The molecule has 1 saturated carbocycles. The monoisotopic (exact) mass is 340 g/mol. The molecule has 0 radical (unpaired) electrons. The van der Waals surface area contributed by atoms with Gasteiger partial charge in [0.05, 0.1) is 25.0 Å². The van der Waals surface area contributed by atoms with Gasteiger partial charge in [-0.2, -0.15) is 0 Å². The SMILES string of the molecule is CC(C)CCCOC(=O)C1CCC(C(=O)OCCCC(C)C)CC1. The number of hydrogen-bond acceptors (Lipinski definition) is 4. The van der Waals surface area contributed by atoms with Crippen LogP contribution in [0, 0.1) is 23.7 Å². The van der Waals surface area contributed by atoms with Crippen LogP contribution in [0.25, 0.3) is 0 Å². The number of carbonyl (C=O) groups is 2. The summed E-state index contributed by atoms with van der Waals surface area (Å²) in [5.41, 5.74) is 0. The van der Waals surface area contributed by atoms with Crippen molar-refractivity contribution in [3.63, 3.8) is 0 Å². The minimum Gasteiger partial charge on any atom is -0.465 e. The smallest absolute Gasteiger partial charge is 0.308 e. The largest absolute Gasteiger partial charge is 0.465 e. The van der Waals surface area contributed by atoms with Crippen molar-refractivity contribution in [1.82, 2.24) is 0 Å². The molecule has 1 rings (SSSR count). The summed E-state index contributed by atoms with van der Waals surface area (Å²) in [5.74, 6) is 1.06. The van der Waals surface area contributed by atoms with Gasteiger partial charge >= 0.3 is 11.9 Å². The van der Waals surface area contributed by atoms with E-state index in [2.05, 4.69) is 27.7 Å². The van der Waals surface area contributed by atoms with Crippen LogP contribution in [-0.2, 0) is 19.1 Å². The minimum absolute atomic E-state index is 0.0333. The highest BCUT2D eigenvalue weighted by Gasteiger charge is 2.31. The van der Waals surface area contributed by atoms with Gasteiger partial charge in [0.1, 0.15) is 0 Å². The molecule has 1 aliphatic carbocycles. The lowest BCUT2D eigenvalue weighted by atomic mass is 9.82. The molecule has 0 unspecified atom stereocenters. The van der Waals surface area contributed by atoms with E-state index >= 15 is 0 Å². The van der Waals surface area contributed by atoms with E-state index < -0.39 is 0 Å². The number of rotatable bonds is 10. The van der Waals surface area contributed by atoms with Crippen molar-refractivity contribution in [1.29, 1.82) is 0 Å². The number of esters is 2. The summed E-state index contributed by atoms with van der Waals surface area (Å²) in [4.78, 5) is 24.1. The Bertz CT molecular complexity index is 332. The third-order valence-corrected chi connectivity index (χ3v) is 4.73. The van der Waals surface area contributed by atoms with Crippen molar-refractivity contribution in [2.24, 2.45) is 23.7 Å². The first kappa shape index (κ1) is 21.0. The maximum absolute atomic E-state index is 12.1. The molecule has 0 heterocycles. The normalized spacial score (nSPS) is 21.1. The highest BCUT2D eigenvalue weighted by Crippen LogP contribution is 2.30. The van der Waals surface area contributed by atoms with Crippen LogP contribution in [0.1, 0.15) is 79.1 Å². The fourth-order valence-corrected chi connectivity index (χ4v) is 3.13. The maximum atomic E-state index is 12.1. The summed E-state index contributed by atoms with van der Waals surface area (Å²) < 4.78 is 10.7. The van der Waals surface area contributed by atoms with Crippen LogP contribution >= 0.6 is 0 Å². The number of ether oxygens (including phenoxy) is 2.